The maximum Gasteiger partial charge on any atom is 0.252 e. The Morgan fingerprint density at radius 1 is 1.27 bits per heavy atom. The Hall–Kier alpha value is -2.74. The first-order valence-electron chi connectivity index (χ1n) is 8.80. The maximum atomic E-state index is 12.3. The molecule has 0 saturated heterocycles. The summed E-state index contributed by atoms with van der Waals surface area (Å²) < 4.78 is 8.76. The molecule has 0 spiro atoms. The average molecular weight is 354 g/mol. The number of ether oxygens (including phenoxy) is 1. The summed E-state index contributed by atoms with van der Waals surface area (Å²) in [6, 6.07) is 1.93. The zero-order valence-corrected chi connectivity index (χ0v) is 14.9. The molecule has 0 bridgehead atoms. The Balaban J connectivity index is 1.72. The van der Waals surface area contributed by atoms with Gasteiger partial charge in [0.25, 0.3) is 5.56 Å². The minimum Gasteiger partial charge on any atom is -0.381 e. The third-order valence-corrected chi connectivity index (χ3v) is 5.07. The van der Waals surface area contributed by atoms with Gasteiger partial charge in [0.2, 0.25) is 5.95 Å². The number of nitrogens with one attached hydrogen (secondary N) is 1. The number of anilines is 1. The molecule has 3 heterocycles. The SMILES string of the molecule is CO[C@H]1CC[C@H](Nc2cc(=O)n(C)c3cnc(-n4ccnc4)nc23)CC1. The van der Waals surface area contributed by atoms with Crippen molar-refractivity contribution in [3.8, 4) is 5.95 Å². The molecule has 8 nitrogen and oxygen atoms in total. The van der Waals surface area contributed by atoms with E-state index < -0.39 is 0 Å². The molecule has 1 N–H and O–H groups in total. The highest BCUT2D eigenvalue weighted by Gasteiger charge is 2.22. The van der Waals surface area contributed by atoms with Gasteiger partial charge in [-0.05, 0) is 25.7 Å². The normalized spacial score (nSPS) is 20.4. The summed E-state index contributed by atoms with van der Waals surface area (Å²) >= 11 is 0. The predicted octanol–water partition coefficient (Wildman–Crippen LogP) is 1.88. The molecule has 3 aromatic heterocycles. The number of imidazole rings is 1. The summed E-state index contributed by atoms with van der Waals surface area (Å²) in [7, 11) is 3.50. The second-order valence-corrected chi connectivity index (χ2v) is 6.68. The van der Waals surface area contributed by atoms with E-state index >= 15 is 0 Å². The molecule has 0 aliphatic heterocycles. The number of methoxy groups -OCH3 is 1. The molecule has 8 heteroatoms. The topological polar surface area (TPSA) is 86.9 Å². The molecular formula is C18H22N6O2. The van der Waals surface area contributed by atoms with Crippen LogP contribution >= 0.6 is 0 Å². The number of hydrogen-bond donors (Lipinski definition) is 1. The van der Waals surface area contributed by atoms with Gasteiger partial charge in [-0.3, -0.25) is 9.36 Å². The summed E-state index contributed by atoms with van der Waals surface area (Å²) in [5, 5.41) is 3.53. The molecule has 3 aromatic rings. The maximum absolute atomic E-state index is 12.3. The summed E-state index contributed by atoms with van der Waals surface area (Å²) in [6.07, 6.45) is 11.2. The second kappa shape index (κ2) is 6.87. The summed E-state index contributed by atoms with van der Waals surface area (Å²) in [6.45, 7) is 0. The standard InChI is InChI=1S/C18H22N6O2/c1-23-15-10-20-18(24-8-7-19-11-24)22-17(15)14(9-16(23)25)21-12-3-5-13(26-2)6-4-12/h7-13,21H,3-6H2,1-2H3/t12-,13-. The van der Waals surface area contributed by atoms with Gasteiger partial charge in [-0.25, -0.2) is 15.0 Å². The number of hydrogen-bond acceptors (Lipinski definition) is 6. The molecule has 0 radical (unpaired) electrons. The highest BCUT2D eigenvalue weighted by Crippen LogP contribution is 2.26. The van der Waals surface area contributed by atoms with Gasteiger partial charge in [-0.1, -0.05) is 0 Å². The summed E-state index contributed by atoms with van der Waals surface area (Å²) in [5.74, 6) is 0.528. The Labute approximate surface area is 150 Å². The van der Waals surface area contributed by atoms with Crippen LogP contribution in [0.15, 0.2) is 35.8 Å². The predicted molar refractivity (Wildman–Crippen MR) is 98.6 cm³/mol. The Bertz CT molecular complexity index is 958. The van der Waals surface area contributed by atoms with Crippen molar-refractivity contribution < 1.29 is 4.74 Å². The number of aryl methyl sites for hydroxylation is 1. The van der Waals surface area contributed by atoms with Crippen LogP contribution in [0.1, 0.15) is 25.7 Å². The van der Waals surface area contributed by atoms with Gasteiger partial charge < -0.3 is 14.6 Å². The third kappa shape index (κ3) is 3.08. The van der Waals surface area contributed by atoms with Crippen molar-refractivity contribution in [2.45, 2.75) is 37.8 Å². The molecule has 26 heavy (non-hydrogen) atoms. The first kappa shape index (κ1) is 16.7. The van der Waals surface area contributed by atoms with Crippen molar-refractivity contribution in [2.75, 3.05) is 12.4 Å². The van der Waals surface area contributed by atoms with Crippen LogP contribution in [0.4, 0.5) is 5.69 Å². The smallest absolute Gasteiger partial charge is 0.252 e. The lowest BCUT2D eigenvalue weighted by Gasteiger charge is -2.29. The number of rotatable bonds is 4. The van der Waals surface area contributed by atoms with Crippen LogP contribution in [0.25, 0.3) is 17.0 Å². The van der Waals surface area contributed by atoms with Crippen LogP contribution in [0, 0.1) is 0 Å². The van der Waals surface area contributed by atoms with Crippen LogP contribution in [0.3, 0.4) is 0 Å². The van der Waals surface area contributed by atoms with E-state index in [1.807, 2.05) is 0 Å². The van der Waals surface area contributed by atoms with E-state index in [9.17, 15) is 4.79 Å². The Morgan fingerprint density at radius 2 is 2.08 bits per heavy atom. The lowest BCUT2D eigenvalue weighted by atomic mass is 9.93. The molecular weight excluding hydrogens is 332 g/mol. The van der Waals surface area contributed by atoms with E-state index in [0.717, 1.165) is 36.9 Å². The Morgan fingerprint density at radius 3 is 2.77 bits per heavy atom. The number of nitrogens with zero attached hydrogens (tertiary/aromatic N) is 5. The number of aromatic nitrogens is 5. The van der Waals surface area contributed by atoms with Crippen molar-refractivity contribution >= 4 is 16.7 Å². The summed E-state index contributed by atoms with van der Waals surface area (Å²) in [5.41, 5.74) is 2.12. The molecule has 4 rings (SSSR count). The number of fused-ring (bicyclic) bond motifs is 1. The van der Waals surface area contributed by atoms with Crippen LogP contribution in [-0.2, 0) is 11.8 Å². The van der Waals surface area contributed by atoms with Gasteiger partial charge in [0, 0.05) is 38.7 Å². The zero-order valence-electron chi connectivity index (χ0n) is 14.9. The van der Waals surface area contributed by atoms with E-state index in [0.29, 0.717) is 23.6 Å². The molecule has 0 amide bonds. The Kier molecular flexibility index (Phi) is 4.42. The van der Waals surface area contributed by atoms with Gasteiger partial charge >= 0.3 is 0 Å². The molecule has 1 aliphatic carbocycles. The molecule has 1 saturated carbocycles. The second-order valence-electron chi connectivity index (χ2n) is 6.68. The molecule has 0 aromatic carbocycles. The van der Waals surface area contributed by atoms with Crippen LogP contribution in [0.2, 0.25) is 0 Å². The van der Waals surface area contributed by atoms with Crippen molar-refractivity contribution in [1.82, 2.24) is 24.1 Å². The molecule has 0 unspecified atom stereocenters. The van der Waals surface area contributed by atoms with E-state index in [1.54, 1.807) is 54.3 Å². The molecule has 0 atom stereocenters. The van der Waals surface area contributed by atoms with Crippen molar-refractivity contribution in [1.29, 1.82) is 0 Å². The summed E-state index contributed by atoms with van der Waals surface area (Å²) in [4.78, 5) is 25.4. The van der Waals surface area contributed by atoms with E-state index in [-0.39, 0.29) is 5.56 Å². The van der Waals surface area contributed by atoms with Gasteiger partial charge in [-0.15, -0.1) is 0 Å². The highest BCUT2D eigenvalue weighted by molar-refractivity contribution is 5.87. The highest BCUT2D eigenvalue weighted by atomic mass is 16.5. The molecule has 1 fully saturated rings. The van der Waals surface area contributed by atoms with Crippen molar-refractivity contribution in [2.24, 2.45) is 7.05 Å². The monoisotopic (exact) mass is 354 g/mol. The van der Waals surface area contributed by atoms with E-state index in [4.69, 9.17) is 4.74 Å². The fraction of sp³-hybridized carbons (Fsp3) is 0.444. The van der Waals surface area contributed by atoms with Crippen LogP contribution < -0.4 is 10.9 Å². The van der Waals surface area contributed by atoms with Gasteiger partial charge in [0.05, 0.1) is 23.5 Å². The fourth-order valence-corrected chi connectivity index (χ4v) is 3.49. The molecule has 136 valence electrons. The zero-order chi connectivity index (χ0) is 18.1. The fourth-order valence-electron chi connectivity index (χ4n) is 3.49. The van der Waals surface area contributed by atoms with Crippen LogP contribution in [-0.4, -0.2) is 43.3 Å². The third-order valence-electron chi connectivity index (χ3n) is 5.07. The van der Waals surface area contributed by atoms with Crippen molar-refractivity contribution in [3.63, 3.8) is 0 Å². The average Bonchev–Trinajstić information content (AvgIpc) is 3.21. The lowest BCUT2D eigenvalue weighted by Crippen LogP contribution is -2.30. The van der Waals surface area contributed by atoms with Crippen molar-refractivity contribution in [3.05, 3.63) is 41.3 Å². The van der Waals surface area contributed by atoms with Gasteiger partial charge in [0.1, 0.15) is 11.8 Å². The van der Waals surface area contributed by atoms with E-state index in [1.165, 1.54) is 0 Å². The van der Waals surface area contributed by atoms with Gasteiger partial charge in [-0.2, -0.15) is 0 Å². The van der Waals surface area contributed by atoms with Gasteiger partial charge in [0.15, 0.2) is 0 Å². The molecule has 1 aliphatic rings. The quantitative estimate of drug-likeness (QED) is 0.770. The van der Waals surface area contributed by atoms with E-state index in [2.05, 4.69) is 20.3 Å². The minimum atomic E-state index is -0.0791. The minimum absolute atomic E-state index is 0.0791. The lowest BCUT2D eigenvalue weighted by molar-refractivity contribution is 0.0682. The van der Waals surface area contributed by atoms with Crippen LogP contribution in [0.5, 0.6) is 0 Å². The number of pyridine rings is 1. The first-order chi connectivity index (χ1) is 12.7. The first-order valence-corrected chi connectivity index (χ1v) is 8.80. The largest absolute Gasteiger partial charge is 0.381 e.